The number of benzene rings is 1. The van der Waals surface area contributed by atoms with Crippen molar-refractivity contribution in [3.05, 3.63) is 36.7 Å². The summed E-state index contributed by atoms with van der Waals surface area (Å²) in [5, 5.41) is 2.79. The van der Waals surface area contributed by atoms with E-state index >= 15 is 0 Å². The fourth-order valence-electron chi connectivity index (χ4n) is 1.58. The summed E-state index contributed by atoms with van der Waals surface area (Å²) >= 11 is 0. The molecule has 0 fully saturated rings. The van der Waals surface area contributed by atoms with Crippen LogP contribution in [0.5, 0.6) is 5.75 Å². The van der Waals surface area contributed by atoms with Gasteiger partial charge in [0.2, 0.25) is 0 Å². The predicted molar refractivity (Wildman–Crippen MR) is 72.8 cm³/mol. The van der Waals surface area contributed by atoms with Crippen molar-refractivity contribution < 1.29 is 17.9 Å². The number of hydrogen-bond acceptors (Lipinski definition) is 5. The second kappa shape index (κ2) is 5.86. The van der Waals surface area contributed by atoms with E-state index in [-0.39, 0.29) is 11.4 Å². The van der Waals surface area contributed by atoms with E-state index in [9.17, 15) is 13.2 Å². The van der Waals surface area contributed by atoms with Gasteiger partial charge in [-0.05, 0) is 12.1 Å². The topological polar surface area (TPSA) is 50.3 Å². The second-order valence-corrected chi connectivity index (χ2v) is 4.32. The zero-order valence-electron chi connectivity index (χ0n) is 11.3. The van der Waals surface area contributed by atoms with Gasteiger partial charge in [0.1, 0.15) is 18.0 Å². The first kappa shape index (κ1) is 14.9. The lowest BCUT2D eigenvalue weighted by molar-refractivity contribution is -0.274. The van der Waals surface area contributed by atoms with E-state index in [1.807, 2.05) is 0 Å². The molecule has 0 spiro atoms. The Bertz CT molecular complexity index is 616. The van der Waals surface area contributed by atoms with Crippen molar-refractivity contribution in [1.29, 1.82) is 0 Å². The molecule has 0 amide bonds. The Kier molecular flexibility index (Phi) is 4.15. The maximum atomic E-state index is 12.3. The minimum Gasteiger partial charge on any atom is -0.404 e. The highest BCUT2D eigenvalue weighted by Crippen LogP contribution is 2.31. The molecule has 0 saturated heterocycles. The molecule has 0 aliphatic rings. The summed E-state index contributed by atoms with van der Waals surface area (Å²) in [6.45, 7) is 0. The predicted octanol–water partition coefficient (Wildman–Crippen LogP) is 3.18. The number of alkyl halides is 3. The van der Waals surface area contributed by atoms with Gasteiger partial charge in [-0.2, -0.15) is 0 Å². The quantitative estimate of drug-likeness (QED) is 0.939. The third-order valence-corrected chi connectivity index (χ3v) is 2.49. The Balaban J connectivity index is 2.25. The Labute approximate surface area is 119 Å². The van der Waals surface area contributed by atoms with Crippen molar-refractivity contribution in [3.63, 3.8) is 0 Å². The average Bonchev–Trinajstić information content (AvgIpc) is 2.40. The third kappa shape index (κ3) is 4.23. The number of nitrogens with one attached hydrogen (secondary N) is 1. The Morgan fingerprint density at radius 2 is 1.86 bits per heavy atom. The number of para-hydroxylation sites is 2. The fraction of sp³-hybridized carbons (Fsp3) is 0.231. The van der Waals surface area contributed by atoms with Gasteiger partial charge in [0.05, 0.1) is 5.69 Å². The van der Waals surface area contributed by atoms with Crippen molar-refractivity contribution in [2.24, 2.45) is 0 Å². The van der Waals surface area contributed by atoms with Crippen LogP contribution in [0.25, 0.3) is 0 Å². The van der Waals surface area contributed by atoms with Crippen molar-refractivity contribution in [2.45, 2.75) is 6.36 Å². The maximum Gasteiger partial charge on any atom is 0.573 e. The van der Waals surface area contributed by atoms with E-state index in [1.54, 1.807) is 31.1 Å². The van der Waals surface area contributed by atoms with Crippen LogP contribution in [-0.4, -0.2) is 30.4 Å². The molecule has 2 aromatic rings. The number of anilines is 3. The van der Waals surface area contributed by atoms with Crippen LogP contribution >= 0.6 is 0 Å². The SMILES string of the molecule is CN(C)c1cc(Nc2ccccc2OC(F)(F)F)ncn1. The van der Waals surface area contributed by atoms with Crippen molar-refractivity contribution in [2.75, 3.05) is 24.3 Å². The molecule has 112 valence electrons. The van der Waals surface area contributed by atoms with Gasteiger partial charge in [0, 0.05) is 20.2 Å². The monoisotopic (exact) mass is 298 g/mol. The first-order valence-corrected chi connectivity index (χ1v) is 5.96. The summed E-state index contributed by atoms with van der Waals surface area (Å²) in [6.07, 6.45) is -3.43. The lowest BCUT2D eigenvalue weighted by Crippen LogP contribution is -2.18. The van der Waals surface area contributed by atoms with Crippen LogP contribution in [0.15, 0.2) is 36.7 Å². The molecule has 8 heteroatoms. The van der Waals surface area contributed by atoms with Gasteiger partial charge in [0.15, 0.2) is 5.75 Å². The molecule has 21 heavy (non-hydrogen) atoms. The minimum atomic E-state index is -4.75. The summed E-state index contributed by atoms with van der Waals surface area (Å²) in [5.41, 5.74) is 0.165. The molecule has 0 radical (unpaired) electrons. The molecule has 0 aliphatic heterocycles. The highest BCUT2D eigenvalue weighted by Gasteiger charge is 2.32. The smallest absolute Gasteiger partial charge is 0.404 e. The molecule has 0 unspecified atom stereocenters. The first-order chi connectivity index (χ1) is 9.85. The molecule has 0 atom stereocenters. The molecule has 0 saturated carbocycles. The molecular weight excluding hydrogens is 285 g/mol. The molecule has 5 nitrogen and oxygen atoms in total. The maximum absolute atomic E-state index is 12.3. The first-order valence-electron chi connectivity index (χ1n) is 5.96. The number of aromatic nitrogens is 2. The largest absolute Gasteiger partial charge is 0.573 e. The van der Waals surface area contributed by atoms with Gasteiger partial charge in [-0.25, -0.2) is 9.97 Å². The van der Waals surface area contributed by atoms with Crippen LogP contribution in [0, 0.1) is 0 Å². The lowest BCUT2D eigenvalue weighted by Gasteiger charge is -2.15. The van der Waals surface area contributed by atoms with Crippen LogP contribution in [-0.2, 0) is 0 Å². The number of nitrogens with zero attached hydrogens (tertiary/aromatic N) is 3. The number of hydrogen-bond donors (Lipinski definition) is 1. The Hall–Kier alpha value is -2.51. The molecule has 1 aromatic heterocycles. The number of rotatable bonds is 4. The van der Waals surface area contributed by atoms with Crippen LogP contribution in [0.1, 0.15) is 0 Å². The van der Waals surface area contributed by atoms with Crippen LogP contribution in [0.3, 0.4) is 0 Å². The highest BCUT2D eigenvalue weighted by molar-refractivity contribution is 5.65. The molecule has 0 aliphatic carbocycles. The normalized spacial score (nSPS) is 11.1. The van der Waals surface area contributed by atoms with Gasteiger partial charge in [-0.3, -0.25) is 0 Å². The number of ether oxygens (including phenoxy) is 1. The lowest BCUT2D eigenvalue weighted by atomic mass is 10.3. The van der Waals surface area contributed by atoms with E-state index in [2.05, 4.69) is 20.0 Å². The van der Waals surface area contributed by atoms with Crippen LogP contribution in [0.2, 0.25) is 0 Å². The van der Waals surface area contributed by atoms with Crippen LogP contribution < -0.4 is 15.0 Å². The molecule has 1 N–H and O–H groups in total. The second-order valence-electron chi connectivity index (χ2n) is 4.32. The van der Waals surface area contributed by atoms with Crippen molar-refractivity contribution in [3.8, 4) is 5.75 Å². The van der Waals surface area contributed by atoms with E-state index < -0.39 is 6.36 Å². The van der Waals surface area contributed by atoms with Gasteiger partial charge in [-0.15, -0.1) is 13.2 Å². The van der Waals surface area contributed by atoms with Crippen molar-refractivity contribution in [1.82, 2.24) is 9.97 Å². The zero-order chi connectivity index (χ0) is 15.5. The summed E-state index contributed by atoms with van der Waals surface area (Å²) in [7, 11) is 3.60. The Morgan fingerprint density at radius 1 is 1.14 bits per heavy atom. The van der Waals surface area contributed by atoms with E-state index in [0.29, 0.717) is 11.6 Å². The highest BCUT2D eigenvalue weighted by atomic mass is 19.4. The minimum absolute atomic E-state index is 0.165. The zero-order valence-corrected chi connectivity index (χ0v) is 11.3. The number of halogens is 3. The van der Waals surface area contributed by atoms with Crippen LogP contribution in [0.4, 0.5) is 30.5 Å². The molecule has 1 heterocycles. The summed E-state index contributed by atoms with van der Waals surface area (Å²) < 4.78 is 41.0. The molecule has 0 bridgehead atoms. The van der Waals surface area contributed by atoms with E-state index in [1.165, 1.54) is 24.5 Å². The third-order valence-electron chi connectivity index (χ3n) is 2.49. The average molecular weight is 298 g/mol. The standard InChI is InChI=1S/C13H13F3N4O/c1-20(2)12-7-11(17-8-18-12)19-9-5-3-4-6-10(9)21-13(14,15)16/h3-8H,1-2H3,(H,17,18,19). The molecule has 2 rings (SSSR count). The van der Waals surface area contributed by atoms with E-state index in [0.717, 1.165) is 0 Å². The van der Waals surface area contributed by atoms with Gasteiger partial charge >= 0.3 is 6.36 Å². The van der Waals surface area contributed by atoms with Gasteiger partial charge in [-0.1, -0.05) is 12.1 Å². The molecular formula is C13H13F3N4O. The van der Waals surface area contributed by atoms with Gasteiger partial charge in [0.25, 0.3) is 0 Å². The molecule has 1 aromatic carbocycles. The summed E-state index contributed by atoms with van der Waals surface area (Å²) in [4.78, 5) is 9.75. The van der Waals surface area contributed by atoms with E-state index in [4.69, 9.17) is 0 Å². The summed E-state index contributed by atoms with van der Waals surface area (Å²) in [6, 6.07) is 7.36. The van der Waals surface area contributed by atoms with Gasteiger partial charge < -0.3 is 15.0 Å². The fourth-order valence-corrected chi connectivity index (χ4v) is 1.58. The summed E-state index contributed by atoms with van der Waals surface area (Å²) in [5.74, 6) is 0.670. The van der Waals surface area contributed by atoms with Crippen molar-refractivity contribution >= 4 is 17.3 Å². The Morgan fingerprint density at radius 3 is 2.52 bits per heavy atom.